The molecular formula is C12H20N4O3. The van der Waals surface area contributed by atoms with E-state index < -0.39 is 11.0 Å². The van der Waals surface area contributed by atoms with Crippen LogP contribution in [-0.2, 0) is 6.54 Å². The average molecular weight is 268 g/mol. The summed E-state index contributed by atoms with van der Waals surface area (Å²) in [6.45, 7) is 2.91. The Morgan fingerprint density at radius 3 is 2.89 bits per heavy atom. The Labute approximate surface area is 111 Å². The van der Waals surface area contributed by atoms with E-state index in [1.807, 2.05) is 0 Å². The molecule has 2 rings (SSSR count). The van der Waals surface area contributed by atoms with Crippen LogP contribution in [0.4, 0.5) is 5.69 Å². The van der Waals surface area contributed by atoms with Crippen LogP contribution in [0.3, 0.4) is 0 Å². The lowest BCUT2D eigenvalue weighted by atomic mass is 10.0. The Kier molecular flexibility index (Phi) is 4.16. The van der Waals surface area contributed by atoms with Crippen molar-refractivity contribution in [2.45, 2.75) is 50.8 Å². The highest BCUT2D eigenvalue weighted by Crippen LogP contribution is 2.28. The van der Waals surface area contributed by atoms with Gasteiger partial charge in [0.1, 0.15) is 12.4 Å². The maximum absolute atomic E-state index is 10.5. The third kappa shape index (κ3) is 3.74. The largest absolute Gasteiger partial charge is 0.390 e. The van der Waals surface area contributed by atoms with E-state index in [2.05, 4.69) is 17.3 Å². The number of hydrogen-bond donors (Lipinski definition) is 2. The number of nitro groups is 1. The molecule has 0 radical (unpaired) electrons. The summed E-state index contributed by atoms with van der Waals surface area (Å²) < 4.78 is 1.40. The SMILES string of the molecule is CC1(NCC(O)Cn2cc([N+](=O)[O-])cn2)CCCC1. The van der Waals surface area contributed by atoms with E-state index >= 15 is 0 Å². The first-order valence-electron chi connectivity index (χ1n) is 6.58. The molecule has 0 amide bonds. The zero-order chi connectivity index (χ0) is 13.9. The quantitative estimate of drug-likeness (QED) is 0.594. The van der Waals surface area contributed by atoms with Gasteiger partial charge in [-0.15, -0.1) is 0 Å². The zero-order valence-corrected chi connectivity index (χ0v) is 11.1. The molecule has 1 aliphatic rings. The molecule has 0 bridgehead atoms. The summed E-state index contributed by atoms with van der Waals surface area (Å²) in [6.07, 6.45) is 6.64. The van der Waals surface area contributed by atoms with Crippen LogP contribution in [0.15, 0.2) is 12.4 Å². The molecule has 1 aromatic rings. The summed E-state index contributed by atoms with van der Waals surface area (Å²) in [5.74, 6) is 0. The predicted molar refractivity (Wildman–Crippen MR) is 69.8 cm³/mol. The molecule has 1 unspecified atom stereocenters. The minimum Gasteiger partial charge on any atom is -0.390 e. The molecule has 7 nitrogen and oxygen atoms in total. The van der Waals surface area contributed by atoms with Crippen LogP contribution < -0.4 is 5.32 Å². The fraction of sp³-hybridized carbons (Fsp3) is 0.750. The van der Waals surface area contributed by atoms with Gasteiger partial charge in [0, 0.05) is 12.1 Å². The topological polar surface area (TPSA) is 93.2 Å². The highest BCUT2D eigenvalue weighted by molar-refractivity contribution is 5.20. The molecule has 1 atom stereocenters. The minimum atomic E-state index is -0.600. The average Bonchev–Trinajstić information content (AvgIpc) is 2.97. The molecule has 1 aliphatic carbocycles. The lowest BCUT2D eigenvalue weighted by molar-refractivity contribution is -0.385. The van der Waals surface area contributed by atoms with E-state index in [-0.39, 0.29) is 17.8 Å². The van der Waals surface area contributed by atoms with Crippen LogP contribution in [0.25, 0.3) is 0 Å². The molecule has 106 valence electrons. The van der Waals surface area contributed by atoms with Crippen molar-refractivity contribution < 1.29 is 10.0 Å². The number of aromatic nitrogens is 2. The van der Waals surface area contributed by atoms with Crippen molar-refractivity contribution in [2.24, 2.45) is 0 Å². The normalized spacial score (nSPS) is 19.5. The van der Waals surface area contributed by atoms with Gasteiger partial charge < -0.3 is 10.4 Å². The molecule has 1 saturated carbocycles. The number of aliphatic hydroxyl groups excluding tert-OH is 1. The van der Waals surface area contributed by atoms with Gasteiger partial charge >= 0.3 is 5.69 Å². The fourth-order valence-electron chi connectivity index (χ4n) is 2.52. The molecule has 0 aromatic carbocycles. The molecule has 1 heterocycles. The monoisotopic (exact) mass is 268 g/mol. The van der Waals surface area contributed by atoms with E-state index in [1.165, 1.54) is 29.9 Å². The Morgan fingerprint density at radius 1 is 1.63 bits per heavy atom. The fourth-order valence-corrected chi connectivity index (χ4v) is 2.52. The smallest absolute Gasteiger partial charge is 0.306 e. The Bertz CT molecular complexity index is 440. The Morgan fingerprint density at radius 2 is 2.32 bits per heavy atom. The summed E-state index contributed by atoms with van der Waals surface area (Å²) in [7, 11) is 0. The van der Waals surface area contributed by atoms with Crippen LogP contribution in [0.1, 0.15) is 32.6 Å². The van der Waals surface area contributed by atoms with Gasteiger partial charge in [-0.1, -0.05) is 12.8 Å². The van der Waals surface area contributed by atoms with Gasteiger partial charge in [0.05, 0.1) is 17.6 Å². The van der Waals surface area contributed by atoms with Crippen molar-refractivity contribution in [1.29, 1.82) is 0 Å². The van der Waals surface area contributed by atoms with Gasteiger partial charge in [-0.05, 0) is 19.8 Å². The van der Waals surface area contributed by atoms with Crippen LogP contribution in [0, 0.1) is 10.1 Å². The van der Waals surface area contributed by atoms with Crippen molar-refractivity contribution in [2.75, 3.05) is 6.54 Å². The van der Waals surface area contributed by atoms with Gasteiger partial charge in [-0.2, -0.15) is 5.10 Å². The van der Waals surface area contributed by atoms with E-state index in [1.54, 1.807) is 0 Å². The van der Waals surface area contributed by atoms with E-state index in [0.29, 0.717) is 6.54 Å². The van der Waals surface area contributed by atoms with Gasteiger partial charge in [-0.25, -0.2) is 0 Å². The van der Waals surface area contributed by atoms with Crippen molar-refractivity contribution in [3.63, 3.8) is 0 Å². The third-order valence-electron chi connectivity index (χ3n) is 3.70. The van der Waals surface area contributed by atoms with Gasteiger partial charge in [0.2, 0.25) is 0 Å². The summed E-state index contributed by atoms with van der Waals surface area (Å²) in [6, 6.07) is 0. The van der Waals surface area contributed by atoms with Gasteiger partial charge in [0.15, 0.2) is 0 Å². The minimum absolute atomic E-state index is 0.0529. The molecule has 0 aliphatic heterocycles. The maximum Gasteiger partial charge on any atom is 0.306 e. The van der Waals surface area contributed by atoms with E-state index in [0.717, 1.165) is 12.8 Å². The second-order valence-electron chi connectivity index (χ2n) is 5.48. The van der Waals surface area contributed by atoms with E-state index in [9.17, 15) is 15.2 Å². The lowest BCUT2D eigenvalue weighted by Gasteiger charge is -2.26. The summed E-state index contributed by atoms with van der Waals surface area (Å²) in [5.41, 5.74) is 0.0693. The van der Waals surface area contributed by atoms with Crippen molar-refractivity contribution in [1.82, 2.24) is 15.1 Å². The van der Waals surface area contributed by atoms with Crippen LogP contribution in [-0.4, -0.2) is 38.0 Å². The molecule has 0 saturated heterocycles. The second kappa shape index (κ2) is 5.66. The zero-order valence-electron chi connectivity index (χ0n) is 11.1. The highest BCUT2D eigenvalue weighted by Gasteiger charge is 2.28. The van der Waals surface area contributed by atoms with E-state index in [4.69, 9.17) is 0 Å². The van der Waals surface area contributed by atoms with Crippen LogP contribution in [0.5, 0.6) is 0 Å². The lowest BCUT2D eigenvalue weighted by Crippen LogP contribution is -2.44. The molecule has 1 fully saturated rings. The van der Waals surface area contributed by atoms with Crippen molar-refractivity contribution in [3.05, 3.63) is 22.5 Å². The summed E-state index contributed by atoms with van der Waals surface area (Å²) >= 11 is 0. The number of rotatable bonds is 6. The molecule has 0 spiro atoms. The second-order valence-corrected chi connectivity index (χ2v) is 5.48. The molecule has 19 heavy (non-hydrogen) atoms. The number of β-amino-alcohol motifs (C(OH)–C–C–N with tert-alkyl or cyclic N) is 1. The van der Waals surface area contributed by atoms with Gasteiger partial charge in [-0.3, -0.25) is 14.8 Å². The maximum atomic E-state index is 10.5. The van der Waals surface area contributed by atoms with Crippen LogP contribution >= 0.6 is 0 Å². The third-order valence-corrected chi connectivity index (χ3v) is 3.70. The van der Waals surface area contributed by atoms with Crippen molar-refractivity contribution in [3.8, 4) is 0 Å². The number of hydrogen-bond acceptors (Lipinski definition) is 5. The molecule has 7 heteroatoms. The van der Waals surface area contributed by atoms with Crippen LogP contribution in [0.2, 0.25) is 0 Å². The van der Waals surface area contributed by atoms with Gasteiger partial charge in [0.25, 0.3) is 0 Å². The standard InChI is InChI=1S/C12H20N4O3/c1-12(4-2-3-5-12)13-7-11(17)9-15-8-10(6-14-15)16(18)19/h6,8,11,13,17H,2-5,7,9H2,1H3. The summed E-state index contributed by atoms with van der Waals surface area (Å²) in [5, 5.41) is 27.7. The molecule has 1 aromatic heterocycles. The number of nitrogens with zero attached hydrogens (tertiary/aromatic N) is 3. The summed E-state index contributed by atoms with van der Waals surface area (Å²) in [4.78, 5) is 10.0. The highest BCUT2D eigenvalue weighted by atomic mass is 16.6. The molecule has 2 N–H and O–H groups in total. The van der Waals surface area contributed by atoms with Crippen molar-refractivity contribution >= 4 is 5.69 Å². The first-order chi connectivity index (χ1) is 8.98. The first-order valence-corrected chi connectivity index (χ1v) is 6.58. The Hall–Kier alpha value is -1.47. The Balaban J connectivity index is 1.80. The molecular weight excluding hydrogens is 248 g/mol. The number of aliphatic hydroxyl groups is 1. The predicted octanol–water partition coefficient (Wildman–Crippen LogP) is 1.07. The first kappa shape index (κ1) is 14.0. The number of nitrogens with one attached hydrogen (secondary N) is 1.